The van der Waals surface area contributed by atoms with Crippen LogP contribution in [0.3, 0.4) is 0 Å². The van der Waals surface area contributed by atoms with Gasteiger partial charge in [0.05, 0.1) is 16.6 Å². The quantitative estimate of drug-likeness (QED) is 0.381. The minimum atomic E-state index is -3.21. The van der Waals surface area contributed by atoms with Crippen molar-refractivity contribution in [1.82, 2.24) is 4.72 Å². The van der Waals surface area contributed by atoms with E-state index >= 15 is 0 Å². The molecule has 3 rings (SSSR count). The molecule has 0 aliphatic carbocycles. The number of likely N-dealkylation sites (N-methyl/N-ethyl adjacent to an activating group) is 1. The maximum atomic E-state index is 11.3. The molecule has 0 amide bonds. The SMILES string of the molecule is CCN(CCNS(C)(=O)=O)c1ccc(Nc2ccc([N+](=O)[O-])c3ccccc23)c(C)c1. The Balaban J connectivity index is 1.84. The van der Waals surface area contributed by atoms with Crippen LogP contribution in [0.4, 0.5) is 22.7 Å². The molecule has 0 aliphatic rings. The molecule has 3 aromatic carbocycles. The normalized spacial score (nSPS) is 11.5. The van der Waals surface area contributed by atoms with Gasteiger partial charge < -0.3 is 10.2 Å². The second-order valence-corrected chi connectivity index (χ2v) is 9.14. The summed E-state index contributed by atoms with van der Waals surface area (Å²) in [5.74, 6) is 0. The highest BCUT2D eigenvalue weighted by Crippen LogP contribution is 2.34. The van der Waals surface area contributed by atoms with E-state index in [1.807, 2.05) is 44.2 Å². The summed E-state index contributed by atoms with van der Waals surface area (Å²) in [6, 6.07) is 16.5. The Morgan fingerprint density at radius 1 is 1.03 bits per heavy atom. The Bertz CT molecular complexity index is 1210. The topological polar surface area (TPSA) is 105 Å². The third kappa shape index (κ3) is 5.50. The van der Waals surface area contributed by atoms with E-state index in [2.05, 4.69) is 14.9 Å². The molecule has 0 aliphatic heterocycles. The fourth-order valence-electron chi connectivity index (χ4n) is 3.52. The van der Waals surface area contributed by atoms with Crippen molar-refractivity contribution in [2.45, 2.75) is 13.8 Å². The number of rotatable bonds is 9. The number of aryl methyl sites for hydroxylation is 1. The van der Waals surface area contributed by atoms with Crippen LogP contribution < -0.4 is 14.9 Å². The van der Waals surface area contributed by atoms with Crippen LogP contribution in [0.15, 0.2) is 54.6 Å². The van der Waals surface area contributed by atoms with E-state index in [0.29, 0.717) is 18.5 Å². The number of hydrogen-bond donors (Lipinski definition) is 2. The second kappa shape index (κ2) is 9.32. The van der Waals surface area contributed by atoms with Gasteiger partial charge in [-0.2, -0.15) is 0 Å². The van der Waals surface area contributed by atoms with Crippen molar-refractivity contribution in [2.24, 2.45) is 0 Å². The summed E-state index contributed by atoms with van der Waals surface area (Å²) in [6.07, 6.45) is 1.15. The number of nitro benzene ring substituents is 1. The number of fused-ring (bicyclic) bond motifs is 1. The average Bonchev–Trinajstić information content (AvgIpc) is 2.72. The summed E-state index contributed by atoms with van der Waals surface area (Å²) in [5.41, 5.74) is 3.77. The molecule has 2 N–H and O–H groups in total. The molecule has 0 saturated carbocycles. The number of nitrogens with zero attached hydrogens (tertiary/aromatic N) is 2. The largest absolute Gasteiger partial charge is 0.370 e. The average molecular weight is 443 g/mol. The Hall–Kier alpha value is -3.17. The van der Waals surface area contributed by atoms with E-state index in [-0.39, 0.29) is 10.6 Å². The monoisotopic (exact) mass is 442 g/mol. The van der Waals surface area contributed by atoms with Crippen molar-refractivity contribution in [1.29, 1.82) is 0 Å². The fourth-order valence-corrected chi connectivity index (χ4v) is 3.98. The lowest BCUT2D eigenvalue weighted by Crippen LogP contribution is -2.34. The maximum absolute atomic E-state index is 11.3. The summed E-state index contributed by atoms with van der Waals surface area (Å²) < 4.78 is 25.1. The lowest BCUT2D eigenvalue weighted by Gasteiger charge is -2.24. The van der Waals surface area contributed by atoms with E-state index in [1.165, 1.54) is 6.07 Å². The van der Waals surface area contributed by atoms with Crippen molar-refractivity contribution >= 4 is 43.5 Å². The first-order valence-electron chi connectivity index (χ1n) is 9.93. The van der Waals surface area contributed by atoms with E-state index < -0.39 is 10.0 Å². The molecule has 0 heterocycles. The van der Waals surface area contributed by atoms with Crippen LogP contribution in [-0.4, -0.2) is 39.2 Å². The van der Waals surface area contributed by atoms with Crippen LogP contribution in [0.5, 0.6) is 0 Å². The predicted molar refractivity (Wildman–Crippen MR) is 126 cm³/mol. The summed E-state index contributed by atoms with van der Waals surface area (Å²) in [5, 5.41) is 16.1. The van der Waals surface area contributed by atoms with Crippen molar-refractivity contribution in [3.8, 4) is 0 Å². The lowest BCUT2D eigenvalue weighted by molar-refractivity contribution is -0.383. The highest BCUT2D eigenvalue weighted by molar-refractivity contribution is 7.88. The molecule has 3 aromatic rings. The van der Waals surface area contributed by atoms with Gasteiger partial charge in [0.1, 0.15) is 0 Å². The molecule has 31 heavy (non-hydrogen) atoms. The zero-order valence-corrected chi connectivity index (χ0v) is 18.6. The van der Waals surface area contributed by atoms with Crippen molar-refractivity contribution in [3.05, 3.63) is 70.3 Å². The summed E-state index contributed by atoms with van der Waals surface area (Å²) >= 11 is 0. The van der Waals surface area contributed by atoms with Crippen molar-refractivity contribution in [3.63, 3.8) is 0 Å². The Morgan fingerprint density at radius 3 is 2.32 bits per heavy atom. The van der Waals surface area contributed by atoms with Crippen LogP contribution in [-0.2, 0) is 10.0 Å². The smallest absolute Gasteiger partial charge is 0.277 e. The molecule has 0 fully saturated rings. The van der Waals surface area contributed by atoms with Crippen molar-refractivity contribution in [2.75, 3.05) is 36.1 Å². The minimum Gasteiger partial charge on any atom is -0.370 e. The summed E-state index contributed by atoms with van der Waals surface area (Å²) in [6.45, 7) is 5.64. The number of hydrogen-bond acceptors (Lipinski definition) is 6. The standard InChI is InChI=1S/C22H26N4O4S/c1-4-25(14-13-23-31(3,29)30)17-9-10-20(16(2)15-17)24-21-11-12-22(26(27)28)19-8-6-5-7-18(19)21/h5-12,15,23-24H,4,13-14H2,1-3H3. The molecule has 9 heteroatoms. The molecular formula is C22H26N4O4S. The molecule has 8 nitrogen and oxygen atoms in total. The molecular weight excluding hydrogens is 416 g/mol. The van der Waals surface area contributed by atoms with Crippen LogP contribution in [0.1, 0.15) is 12.5 Å². The highest BCUT2D eigenvalue weighted by atomic mass is 32.2. The van der Waals surface area contributed by atoms with Crippen LogP contribution in [0, 0.1) is 17.0 Å². The van der Waals surface area contributed by atoms with Gasteiger partial charge in [-0.15, -0.1) is 0 Å². The number of sulfonamides is 1. The fraction of sp³-hybridized carbons (Fsp3) is 0.273. The van der Waals surface area contributed by atoms with Gasteiger partial charge in [0.15, 0.2) is 0 Å². The van der Waals surface area contributed by atoms with Gasteiger partial charge in [-0.3, -0.25) is 10.1 Å². The van der Waals surface area contributed by atoms with Gasteiger partial charge in [-0.1, -0.05) is 18.2 Å². The number of benzene rings is 3. The Morgan fingerprint density at radius 2 is 1.71 bits per heavy atom. The number of nitro groups is 1. The highest BCUT2D eigenvalue weighted by Gasteiger charge is 2.15. The molecule has 164 valence electrons. The summed E-state index contributed by atoms with van der Waals surface area (Å²) in [7, 11) is -3.21. The van der Waals surface area contributed by atoms with Crippen LogP contribution in [0.2, 0.25) is 0 Å². The molecule has 0 unspecified atom stereocenters. The molecule has 0 atom stereocenters. The molecule has 0 spiro atoms. The van der Waals surface area contributed by atoms with Gasteiger partial charge in [0.2, 0.25) is 10.0 Å². The van der Waals surface area contributed by atoms with E-state index in [4.69, 9.17) is 0 Å². The zero-order valence-electron chi connectivity index (χ0n) is 17.8. The molecule has 0 radical (unpaired) electrons. The van der Waals surface area contributed by atoms with Gasteiger partial charge >= 0.3 is 0 Å². The first-order chi connectivity index (χ1) is 14.7. The van der Waals surface area contributed by atoms with Gasteiger partial charge in [-0.25, -0.2) is 13.1 Å². The zero-order chi connectivity index (χ0) is 22.6. The van der Waals surface area contributed by atoms with Gasteiger partial charge in [-0.05, 0) is 49.7 Å². The first kappa shape index (κ1) is 22.5. The van der Waals surface area contributed by atoms with Gasteiger partial charge in [0, 0.05) is 48.1 Å². The second-order valence-electron chi connectivity index (χ2n) is 7.31. The maximum Gasteiger partial charge on any atom is 0.277 e. The van der Waals surface area contributed by atoms with Crippen LogP contribution >= 0.6 is 0 Å². The lowest BCUT2D eigenvalue weighted by atomic mass is 10.1. The number of non-ortho nitro benzene ring substituents is 1. The molecule has 0 saturated heterocycles. The Kier molecular flexibility index (Phi) is 6.77. The third-order valence-electron chi connectivity index (χ3n) is 5.07. The predicted octanol–water partition coefficient (Wildman–Crippen LogP) is 4.18. The summed E-state index contributed by atoms with van der Waals surface area (Å²) in [4.78, 5) is 13.1. The first-order valence-corrected chi connectivity index (χ1v) is 11.8. The molecule has 0 aromatic heterocycles. The van der Waals surface area contributed by atoms with E-state index in [1.54, 1.807) is 18.2 Å². The van der Waals surface area contributed by atoms with Crippen LogP contribution in [0.25, 0.3) is 10.8 Å². The molecule has 0 bridgehead atoms. The van der Waals surface area contributed by atoms with E-state index in [0.717, 1.165) is 40.8 Å². The van der Waals surface area contributed by atoms with E-state index in [9.17, 15) is 18.5 Å². The number of nitrogens with one attached hydrogen (secondary N) is 2. The Labute approximate surface area is 182 Å². The van der Waals surface area contributed by atoms with Gasteiger partial charge in [0.25, 0.3) is 5.69 Å². The van der Waals surface area contributed by atoms with Crippen molar-refractivity contribution < 1.29 is 13.3 Å². The minimum absolute atomic E-state index is 0.0783. The number of anilines is 3. The third-order valence-corrected chi connectivity index (χ3v) is 5.80.